The van der Waals surface area contributed by atoms with Crippen LogP contribution in [0.25, 0.3) is 0 Å². The molecule has 158 valence electrons. The maximum Gasteiger partial charge on any atom is 0.412 e. The SMILES string of the molecule is CO/C(O)=C(/C(=O)Nc1ccccc1)P(=O)(OCC(F)(F)F)OCC(F)(F)F. The second kappa shape index (κ2) is 9.30. The van der Waals surface area contributed by atoms with Crippen LogP contribution in [0.15, 0.2) is 41.6 Å². The van der Waals surface area contributed by atoms with Gasteiger partial charge in [-0.05, 0) is 12.1 Å². The van der Waals surface area contributed by atoms with Gasteiger partial charge >= 0.3 is 19.9 Å². The lowest BCUT2D eigenvalue weighted by Gasteiger charge is -2.22. The Morgan fingerprint density at radius 3 is 1.89 bits per heavy atom. The third-order valence-corrected chi connectivity index (χ3v) is 4.59. The Labute approximate surface area is 154 Å². The summed E-state index contributed by atoms with van der Waals surface area (Å²) in [6.45, 7) is -4.64. The zero-order valence-corrected chi connectivity index (χ0v) is 14.9. The summed E-state index contributed by atoms with van der Waals surface area (Å²) in [4.78, 5) is 12.3. The topological polar surface area (TPSA) is 94.1 Å². The minimum Gasteiger partial charge on any atom is -0.480 e. The Kier molecular flexibility index (Phi) is 7.91. The molecule has 0 atom stereocenters. The standard InChI is InChI=1S/C14H14F6NO6P/c1-25-12(23)10(11(22)21-9-5-3-2-4-6-9)28(24,26-7-13(15,16)17)27-8-14(18,19)20/h2-6,23H,7-8H2,1H3,(H,21,22)/b12-10-. The van der Waals surface area contributed by atoms with E-state index in [0.29, 0.717) is 0 Å². The lowest BCUT2D eigenvalue weighted by molar-refractivity contribution is -0.165. The van der Waals surface area contributed by atoms with E-state index >= 15 is 0 Å². The van der Waals surface area contributed by atoms with Gasteiger partial charge < -0.3 is 15.2 Å². The van der Waals surface area contributed by atoms with Crippen molar-refractivity contribution in [2.24, 2.45) is 0 Å². The molecule has 14 heteroatoms. The number of aliphatic hydroxyl groups is 1. The van der Waals surface area contributed by atoms with Crippen LogP contribution < -0.4 is 5.32 Å². The zero-order chi connectivity index (χ0) is 21.6. The van der Waals surface area contributed by atoms with Crippen LogP contribution in [-0.4, -0.2) is 43.7 Å². The van der Waals surface area contributed by atoms with Gasteiger partial charge in [-0.15, -0.1) is 0 Å². The van der Waals surface area contributed by atoms with Gasteiger partial charge in [0.25, 0.3) is 11.9 Å². The number of rotatable bonds is 8. The van der Waals surface area contributed by atoms with Gasteiger partial charge in [0, 0.05) is 5.69 Å². The van der Waals surface area contributed by atoms with E-state index in [0.717, 1.165) is 7.11 Å². The van der Waals surface area contributed by atoms with Gasteiger partial charge in [-0.25, -0.2) is 0 Å². The maximum absolute atomic E-state index is 12.6. The van der Waals surface area contributed by atoms with E-state index in [4.69, 9.17) is 0 Å². The molecule has 2 N–H and O–H groups in total. The summed E-state index contributed by atoms with van der Waals surface area (Å²) in [5.41, 5.74) is 0.0205. The second-order valence-corrected chi connectivity index (χ2v) is 6.91. The first-order chi connectivity index (χ1) is 12.8. The first-order valence-electron chi connectivity index (χ1n) is 7.14. The van der Waals surface area contributed by atoms with Gasteiger partial charge in [-0.1, -0.05) is 18.2 Å². The number of carbonyl (C=O) groups excluding carboxylic acids is 1. The monoisotopic (exact) mass is 437 g/mol. The van der Waals surface area contributed by atoms with Crippen LogP contribution in [0.1, 0.15) is 0 Å². The summed E-state index contributed by atoms with van der Waals surface area (Å²) in [5, 5.41) is 10.1. The largest absolute Gasteiger partial charge is 0.480 e. The molecule has 1 rings (SSSR count). The fourth-order valence-corrected chi connectivity index (χ4v) is 3.23. The molecule has 0 saturated carbocycles. The number of hydrogen-bond acceptors (Lipinski definition) is 6. The van der Waals surface area contributed by atoms with Crippen molar-refractivity contribution in [2.75, 3.05) is 25.6 Å². The highest BCUT2D eigenvalue weighted by molar-refractivity contribution is 7.60. The van der Waals surface area contributed by atoms with E-state index in [9.17, 15) is 40.8 Å². The molecule has 0 radical (unpaired) electrons. The molecule has 1 aromatic rings. The summed E-state index contributed by atoms with van der Waals surface area (Å²) in [6, 6.07) is 7.03. The lowest BCUT2D eigenvalue weighted by atomic mass is 10.3. The molecule has 0 heterocycles. The van der Waals surface area contributed by atoms with Gasteiger partial charge in [0.2, 0.25) is 5.31 Å². The summed E-state index contributed by atoms with van der Waals surface area (Å²) in [7, 11) is -4.91. The van der Waals surface area contributed by atoms with Gasteiger partial charge in [0.15, 0.2) is 13.2 Å². The average molecular weight is 437 g/mol. The third-order valence-electron chi connectivity index (χ3n) is 2.71. The van der Waals surface area contributed by atoms with Gasteiger partial charge in [0.05, 0.1) is 7.11 Å². The van der Waals surface area contributed by atoms with E-state index in [1.54, 1.807) is 6.07 Å². The van der Waals surface area contributed by atoms with Crippen LogP contribution in [0.2, 0.25) is 0 Å². The molecule has 7 nitrogen and oxygen atoms in total. The Morgan fingerprint density at radius 2 is 1.50 bits per heavy atom. The third kappa shape index (κ3) is 7.79. The van der Waals surface area contributed by atoms with Crippen LogP contribution >= 0.6 is 7.60 Å². The minimum absolute atomic E-state index is 0.0205. The van der Waals surface area contributed by atoms with Crippen molar-refractivity contribution in [1.82, 2.24) is 0 Å². The number of carbonyl (C=O) groups is 1. The molecule has 0 aliphatic heterocycles. The summed E-state index contributed by atoms with van der Waals surface area (Å²) >= 11 is 0. The van der Waals surface area contributed by atoms with Crippen LogP contribution in [0.4, 0.5) is 32.0 Å². The molecule has 0 aliphatic rings. The Hall–Kier alpha value is -2.24. The molecule has 0 fully saturated rings. The number of hydrogen-bond donors (Lipinski definition) is 2. The number of amides is 1. The molecule has 28 heavy (non-hydrogen) atoms. The number of aliphatic hydroxyl groups excluding tert-OH is 1. The van der Waals surface area contributed by atoms with Crippen molar-refractivity contribution in [2.45, 2.75) is 12.4 Å². The molecule has 0 aliphatic carbocycles. The molecule has 1 amide bonds. The van der Waals surface area contributed by atoms with E-state index in [-0.39, 0.29) is 5.69 Å². The van der Waals surface area contributed by atoms with E-state index in [2.05, 4.69) is 13.8 Å². The fourth-order valence-electron chi connectivity index (χ4n) is 1.63. The molecule has 0 saturated heterocycles. The van der Waals surface area contributed by atoms with Crippen molar-refractivity contribution in [3.8, 4) is 0 Å². The normalized spacial score (nSPS) is 13.7. The lowest BCUT2D eigenvalue weighted by Crippen LogP contribution is -2.24. The van der Waals surface area contributed by atoms with Gasteiger partial charge in [-0.2, -0.15) is 26.3 Å². The molecule has 0 bridgehead atoms. The number of nitrogens with one attached hydrogen (secondary N) is 1. The molecular formula is C14H14F6NO6P. The van der Waals surface area contributed by atoms with E-state index in [1.165, 1.54) is 24.3 Å². The number of benzene rings is 1. The number of alkyl halides is 6. The van der Waals surface area contributed by atoms with Crippen LogP contribution in [0.3, 0.4) is 0 Å². The highest BCUT2D eigenvalue weighted by atomic mass is 31.2. The van der Waals surface area contributed by atoms with Crippen molar-refractivity contribution >= 4 is 19.2 Å². The smallest absolute Gasteiger partial charge is 0.412 e. The van der Waals surface area contributed by atoms with Crippen LogP contribution in [0.5, 0.6) is 0 Å². The van der Waals surface area contributed by atoms with Gasteiger partial charge in [-0.3, -0.25) is 18.4 Å². The predicted molar refractivity (Wildman–Crippen MR) is 83.4 cm³/mol. The molecule has 0 spiro atoms. The molecule has 1 aromatic carbocycles. The fraction of sp³-hybridized carbons (Fsp3) is 0.357. The number of para-hydroxylation sites is 1. The number of ether oxygens (including phenoxy) is 1. The summed E-state index contributed by atoms with van der Waals surface area (Å²) < 4.78 is 99.4. The highest BCUT2D eigenvalue weighted by Gasteiger charge is 2.46. The zero-order valence-electron chi connectivity index (χ0n) is 14.0. The quantitative estimate of drug-likeness (QED) is 0.272. The molecule has 0 aromatic heterocycles. The van der Waals surface area contributed by atoms with Crippen LogP contribution in [-0.2, 0) is 23.1 Å². The predicted octanol–water partition coefficient (Wildman–Crippen LogP) is 4.35. The van der Waals surface area contributed by atoms with E-state index < -0.39 is 50.3 Å². The summed E-state index contributed by atoms with van der Waals surface area (Å²) in [5.74, 6) is -3.10. The van der Waals surface area contributed by atoms with Crippen molar-refractivity contribution in [1.29, 1.82) is 0 Å². The average Bonchev–Trinajstić information content (AvgIpc) is 2.58. The first kappa shape index (κ1) is 23.8. The Bertz CT molecular complexity index is 727. The first-order valence-corrected chi connectivity index (χ1v) is 8.68. The number of halogens is 6. The van der Waals surface area contributed by atoms with Crippen LogP contribution in [0, 0.1) is 0 Å². The minimum atomic E-state index is -5.64. The maximum atomic E-state index is 12.6. The number of methoxy groups -OCH3 is 1. The van der Waals surface area contributed by atoms with Crippen molar-refractivity contribution < 1.29 is 54.6 Å². The van der Waals surface area contributed by atoms with Crippen molar-refractivity contribution in [3.63, 3.8) is 0 Å². The van der Waals surface area contributed by atoms with E-state index in [1.807, 2.05) is 5.32 Å². The van der Waals surface area contributed by atoms with Crippen molar-refractivity contribution in [3.05, 3.63) is 41.6 Å². The number of anilines is 1. The molecular weight excluding hydrogens is 423 g/mol. The molecule has 0 unspecified atom stereocenters. The van der Waals surface area contributed by atoms with Gasteiger partial charge in [0.1, 0.15) is 0 Å². The highest BCUT2D eigenvalue weighted by Crippen LogP contribution is 2.58. The Morgan fingerprint density at radius 1 is 1.04 bits per heavy atom. The summed E-state index contributed by atoms with van der Waals surface area (Å²) in [6.07, 6.45) is -10.2. The second-order valence-electron chi connectivity index (χ2n) is 4.95. The Balaban J connectivity index is 3.30.